The van der Waals surface area contributed by atoms with Gasteiger partial charge < -0.3 is 39.7 Å². The van der Waals surface area contributed by atoms with Crippen LogP contribution in [0.2, 0.25) is 0 Å². The molecule has 0 bridgehead atoms. The second kappa shape index (κ2) is 18.3. The minimum absolute atomic E-state index is 0.271. The third-order valence-corrected chi connectivity index (χ3v) is 14.9. The summed E-state index contributed by atoms with van der Waals surface area (Å²) in [5.74, 6) is 0.00905. The Morgan fingerprint density at radius 1 is 0.712 bits per heavy atom. The number of hydrogen-bond acceptors (Lipinski definition) is 12. The summed E-state index contributed by atoms with van der Waals surface area (Å²) < 4.78 is 11.0. The van der Waals surface area contributed by atoms with Crippen molar-refractivity contribution in [2.45, 2.75) is 173 Å². The van der Waals surface area contributed by atoms with Gasteiger partial charge in [-0.05, 0) is 103 Å². The molecule has 14 nitrogen and oxygen atoms in total. The number of hydrogen-bond donors (Lipinski definition) is 2. The van der Waals surface area contributed by atoms with Gasteiger partial charge in [0.15, 0.2) is 11.6 Å². The quantitative estimate of drug-likeness (QED) is 0.201. The number of carbonyl (C=O) groups is 6. The molecule has 0 aliphatic carbocycles. The van der Waals surface area contributed by atoms with E-state index in [2.05, 4.69) is 10.6 Å². The van der Waals surface area contributed by atoms with Gasteiger partial charge in [0.2, 0.25) is 11.8 Å². The second-order valence-corrected chi connectivity index (χ2v) is 23.1. The molecule has 0 spiro atoms. The summed E-state index contributed by atoms with van der Waals surface area (Å²) >= 11 is 14.6. The van der Waals surface area contributed by atoms with E-state index in [-0.39, 0.29) is 34.1 Å². The van der Waals surface area contributed by atoms with E-state index in [9.17, 15) is 28.8 Å². The van der Waals surface area contributed by atoms with Gasteiger partial charge in [0.25, 0.3) is 0 Å². The first-order valence-electron chi connectivity index (χ1n) is 20.4. The van der Waals surface area contributed by atoms with Gasteiger partial charge >= 0.3 is 12.2 Å². The maximum atomic E-state index is 14.6. The van der Waals surface area contributed by atoms with Crippen molar-refractivity contribution in [1.82, 2.24) is 30.2 Å². The number of likely N-dealkylation sites (N-methyl/N-ethyl adjacent to an activating group) is 2. The predicted molar refractivity (Wildman–Crippen MR) is 240 cm³/mol. The number of fused-ring (bicyclic) bond motifs is 2. The van der Waals surface area contributed by atoms with Gasteiger partial charge in [0, 0.05) is 14.1 Å². The van der Waals surface area contributed by atoms with Gasteiger partial charge in [-0.25, -0.2) is 9.59 Å². The van der Waals surface area contributed by atoms with Crippen molar-refractivity contribution in [3.63, 3.8) is 0 Å². The van der Waals surface area contributed by atoms with E-state index in [0.717, 1.165) is 0 Å². The van der Waals surface area contributed by atoms with Crippen LogP contribution in [0.5, 0.6) is 0 Å². The maximum absolute atomic E-state index is 14.6. The molecule has 0 aromatic heterocycles. The molecule has 332 valence electrons. The van der Waals surface area contributed by atoms with E-state index in [1.54, 1.807) is 103 Å². The lowest BCUT2D eigenvalue weighted by Crippen LogP contribution is -2.58. The Morgan fingerprint density at radius 2 is 1.03 bits per heavy atom. The van der Waals surface area contributed by atoms with Gasteiger partial charge in [0.1, 0.15) is 23.3 Å². The van der Waals surface area contributed by atoms with E-state index < -0.39 is 76.9 Å². The number of amides is 4. The lowest BCUT2D eigenvalue weighted by Gasteiger charge is -2.37. The molecule has 18 heteroatoms. The molecular weight excluding hydrogens is 833 g/mol. The number of ketones is 2. The minimum atomic E-state index is -0.876. The lowest BCUT2D eigenvalue weighted by atomic mass is 9.78. The zero-order valence-corrected chi connectivity index (χ0v) is 40.5. The average molecular weight is 899 g/mol. The van der Waals surface area contributed by atoms with Gasteiger partial charge in [-0.3, -0.25) is 19.2 Å². The summed E-state index contributed by atoms with van der Waals surface area (Å²) in [5, 5.41) is 5.86. The van der Waals surface area contributed by atoms with Gasteiger partial charge in [-0.1, -0.05) is 52.1 Å². The normalized spacial score (nSPS) is 27.6. The number of thioether (sulfide) groups is 2. The number of nitrogens with one attached hydrogen (secondary N) is 2. The van der Waals surface area contributed by atoms with Gasteiger partial charge in [0.05, 0.1) is 51.3 Å². The zero-order valence-electron chi connectivity index (χ0n) is 37.3. The number of ether oxygens (including phenoxy) is 2. The molecule has 2 N–H and O–H groups in total. The van der Waals surface area contributed by atoms with Crippen LogP contribution >= 0.6 is 48.0 Å². The Bertz CT molecular complexity index is 1580. The maximum Gasteiger partial charge on any atom is 0.410 e. The third kappa shape index (κ3) is 11.4. The van der Waals surface area contributed by atoms with Crippen molar-refractivity contribution in [1.29, 1.82) is 0 Å². The van der Waals surface area contributed by atoms with Crippen molar-refractivity contribution in [2.75, 3.05) is 25.6 Å². The van der Waals surface area contributed by atoms with Crippen LogP contribution in [0, 0.1) is 10.8 Å². The molecular formula is C41H66N6O8S4. The summed E-state index contributed by atoms with van der Waals surface area (Å²) in [5.41, 5.74) is -2.65. The van der Waals surface area contributed by atoms with E-state index >= 15 is 0 Å². The third-order valence-electron chi connectivity index (χ3n) is 11.5. The minimum Gasteiger partial charge on any atom is -0.444 e. The van der Waals surface area contributed by atoms with Crippen LogP contribution in [0.3, 0.4) is 0 Å². The summed E-state index contributed by atoms with van der Waals surface area (Å²) in [7, 11) is 3.18. The highest BCUT2D eigenvalue weighted by molar-refractivity contribution is 8.00. The molecule has 8 atom stereocenters. The monoisotopic (exact) mass is 898 g/mol. The van der Waals surface area contributed by atoms with Crippen molar-refractivity contribution >= 4 is 93.5 Å². The van der Waals surface area contributed by atoms with Crippen LogP contribution in [0.4, 0.5) is 9.59 Å². The fourth-order valence-electron chi connectivity index (χ4n) is 8.21. The lowest BCUT2D eigenvalue weighted by molar-refractivity contribution is -0.145. The molecule has 4 heterocycles. The predicted octanol–water partition coefficient (Wildman–Crippen LogP) is 5.78. The summed E-state index contributed by atoms with van der Waals surface area (Å²) in [4.78, 5) is 90.3. The van der Waals surface area contributed by atoms with E-state index in [1.165, 1.54) is 9.80 Å². The average Bonchev–Trinajstić information content (AvgIpc) is 3.42. The smallest absolute Gasteiger partial charge is 0.410 e. The SMILES string of the molecule is C[C@@H](C(=S)N[C@H]1CCS[C@H]2CC(C)(C)[C@@H](C(=O)CC(=O)[C@H]3N4C(=O)[C@@H](NC(=S)[C@H](C)N(C)C(=O)OC(C)(C)C)CCS[C@H]4CC3(C)C)N2C1=O)N(C)C(=O)OC(C)(C)C. The first-order valence-corrected chi connectivity index (χ1v) is 23.3. The largest absolute Gasteiger partial charge is 0.444 e. The molecule has 59 heavy (non-hydrogen) atoms. The van der Waals surface area contributed by atoms with Gasteiger partial charge in [-0.2, -0.15) is 0 Å². The molecule has 4 aliphatic rings. The van der Waals surface area contributed by atoms with Crippen molar-refractivity contribution in [2.24, 2.45) is 10.8 Å². The molecule has 4 saturated heterocycles. The number of nitrogens with zero attached hydrogens (tertiary/aromatic N) is 4. The van der Waals surface area contributed by atoms with E-state index in [4.69, 9.17) is 33.9 Å². The summed E-state index contributed by atoms with van der Waals surface area (Å²) in [6.07, 6.45) is 0.526. The second-order valence-electron chi connectivity index (χ2n) is 19.7. The Balaban J connectivity index is 1.51. The Morgan fingerprint density at radius 3 is 1.34 bits per heavy atom. The Labute approximate surface area is 370 Å². The number of rotatable bonds is 10. The first kappa shape index (κ1) is 49.0. The van der Waals surface area contributed by atoms with Crippen LogP contribution in [-0.4, -0.2) is 149 Å². The highest BCUT2D eigenvalue weighted by Gasteiger charge is 2.57. The molecule has 0 radical (unpaired) electrons. The summed E-state index contributed by atoms with van der Waals surface area (Å²) in [6, 6.07) is -4.38. The molecule has 4 amide bonds. The van der Waals surface area contributed by atoms with Crippen LogP contribution in [0.25, 0.3) is 0 Å². The Kier molecular flexibility index (Phi) is 15.2. The highest BCUT2D eigenvalue weighted by Crippen LogP contribution is 2.49. The van der Waals surface area contributed by atoms with Crippen molar-refractivity contribution < 1.29 is 38.2 Å². The fraction of sp³-hybridized carbons (Fsp3) is 0.805. The van der Waals surface area contributed by atoms with Crippen LogP contribution in [0.15, 0.2) is 0 Å². The van der Waals surface area contributed by atoms with Crippen LogP contribution < -0.4 is 10.6 Å². The van der Waals surface area contributed by atoms with Crippen molar-refractivity contribution in [3.8, 4) is 0 Å². The van der Waals surface area contributed by atoms with Crippen LogP contribution in [-0.2, 0) is 28.7 Å². The molecule has 0 aromatic carbocycles. The van der Waals surface area contributed by atoms with Gasteiger partial charge in [-0.15, -0.1) is 23.5 Å². The molecule has 4 fully saturated rings. The fourth-order valence-corrected chi connectivity index (χ4v) is 12.0. The molecule has 0 aromatic rings. The van der Waals surface area contributed by atoms with E-state index in [0.29, 0.717) is 47.2 Å². The highest BCUT2D eigenvalue weighted by atomic mass is 32.2. The number of thiocarbonyl (C=S) groups is 2. The topological polar surface area (TPSA) is 158 Å². The standard InChI is InChI=1S/C41H66N6O8S4/c1-22(44(13)36(52)54-38(3,4)5)32(56)42-24-15-17-58-28-20-40(9,10)30(46(28)34(24)50)26(48)19-27(49)31-41(11,12)21-29-47(31)35(51)25(16-18-59-29)43-33(57)23(2)45(14)37(53)55-39(6,7)8/h22-25,28-31H,15-21H2,1-14H3,(H,42,56)(H,43,57)/t22-,23-,24-,25-,28-,29-,30+,31+/m0/s1. The Hall–Kier alpha value is -2.70. The molecule has 0 unspecified atom stereocenters. The van der Waals surface area contributed by atoms with Crippen LogP contribution in [0.1, 0.15) is 115 Å². The number of carbonyl (C=O) groups excluding carboxylic acids is 6. The van der Waals surface area contributed by atoms with Crippen molar-refractivity contribution in [3.05, 3.63) is 0 Å². The molecule has 4 aliphatic heterocycles. The number of Topliss-reactive ketones (excluding diaryl/α,β-unsaturated/α-hetero) is 2. The zero-order chi connectivity index (χ0) is 44.7. The first-order chi connectivity index (χ1) is 27.0. The summed E-state index contributed by atoms with van der Waals surface area (Å²) in [6.45, 7) is 22.0. The molecule has 0 saturated carbocycles. The van der Waals surface area contributed by atoms with E-state index in [1.807, 2.05) is 27.7 Å². The molecule has 4 rings (SSSR count).